The molecule has 1 aromatic rings. The third kappa shape index (κ3) is 3.97. The molecule has 0 radical (unpaired) electrons. The predicted molar refractivity (Wildman–Crippen MR) is 67.4 cm³/mol. The first-order chi connectivity index (χ1) is 6.99. The molecule has 1 aromatic heterocycles. The molecule has 3 N–H and O–H groups in total. The summed E-state index contributed by atoms with van der Waals surface area (Å²) in [6.45, 7) is 3.86. The summed E-state index contributed by atoms with van der Waals surface area (Å²) >= 11 is 6.26. The number of hydrogen-bond acceptors (Lipinski definition) is 3. The van der Waals surface area contributed by atoms with E-state index in [9.17, 15) is 4.79 Å². The summed E-state index contributed by atoms with van der Waals surface area (Å²) in [5.74, 6) is -0.0585. The second kappa shape index (κ2) is 5.23. The van der Waals surface area contributed by atoms with Gasteiger partial charge in [0.05, 0.1) is 9.87 Å². The third-order valence-electron chi connectivity index (χ3n) is 1.85. The summed E-state index contributed by atoms with van der Waals surface area (Å²) < 4.78 is 0. The maximum Gasteiger partial charge on any atom is 0.261 e. The minimum atomic E-state index is -0.0585. The van der Waals surface area contributed by atoms with E-state index >= 15 is 0 Å². The van der Waals surface area contributed by atoms with E-state index in [0.29, 0.717) is 11.4 Å². The molecule has 1 unspecified atom stereocenters. The molecular formula is C10H14N2OS2. The Bertz CT molecular complexity index is 373. The quantitative estimate of drug-likeness (QED) is 0.792. The second-order valence-corrected chi connectivity index (χ2v) is 5.27. The molecule has 0 saturated heterocycles. The number of rotatable bonds is 4. The van der Waals surface area contributed by atoms with Crippen LogP contribution in [0.3, 0.4) is 0 Å². The Morgan fingerprint density at radius 3 is 2.80 bits per heavy atom. The minimum absolute atomic E-state index is 0.0163. The molecule has 0 saturated carbocycles. The Morgan fingerprint density at radius 2 is 2.33 bits per heavy atom. The molecule has 3 nitrogen and oxygen atoms in total. The van der Waals surface area contributed by atoms with Gasteiger partial charge in [-0.1, -0.05) is 12.2 Å². The normalized spacial score (nSPS) is 12.1. The fourth-order valence-electron chi connectivity index (χ4n) is 1.20. The van der Waals surface area contributed by atoms with Gasteiger partial charge in [0.15, 0.2) is 0 Å². The number of amides is 1. The monoisotopic (exact) mass is 242 g/mol. The number of nitrogens with one attached hydrogen (secondary N) is 1. The largest absolute Gasteiger partial charge is 0.393 e. The molecule has 82 valence electrons. The number of nitrogens with two attached hydrogens (primary N) is 1. The average molecular weight is 242 g/mol. The Hall–Kier alpha value is -0.940. The van der Waals surface area contributed by atoms with E-state index in [1.165, 1.54) is 11.3 Å². The molecule has 15 heavy (non-hydrogen) atoms. The molecule has 0 bridgehead atoms. The van der Waals surface area contributed by atoms with Crippen LogP contribution in [0.15, 0.2) is 12.1 Å². The van der Waals surface area contributed by atoms with Crippen LogP contribution in [0, 0.1) is 6.92 Å². The van der Waals surface area contributed by atoms with Crippen LogP contribution in [0.25, 0.3) is 0 Å². The van der Waals surface area contributed by atoms with Crippen molar-refractivity contribution < 1.29 is 4.79 Å². The van der Waals surface area contributed by atoms with Gasteiger partial charge >= 0.3 is 0 Å². The van der Waals surface area contributed by atoms with Crippen molar-refractivity contribution in [3.8, 4) is 0 Å². The van der Waals surface area contributed by atoms with Crippen LogP contribution in [0.4, 0.5) is 0 Å². The molecule has 1 rings (SSSR count). The van der Waals surface area contributed by atoms with E-state index < -0.39 is 0 Å². The molecular weight excluding hydrogens is 228 g/mol. The van der Waals surface area contributed by atoms with Gasteiger partial charge < -0.3 is 11.1 Å². The standard InChI is InChI=1S/C10H14N2OS2/c1-6(5-9(11)14)12-10(13)8-4-3-7(2)15-8/h3-4,6H,5H2,1-2H3,(H2,11,14)(H,12,13). The molecule has 0 aliphatic carbocycles. The Balaban J connectivity index is 2.52. The molecule has 1 amide bonds. The molecule has 1 heterocycles. The van der Waals surface area contributed by atoms with Gasteiger partial charge in [0.2, 0.25) is 0 Å². The lowest BCUT2D eigenvalue weighted by molar-refractivity contribution is 0.0945. The molecule has 0 aromatic carbocycles. The van der Waals surface area contributed by atoms with Gasteiger partial charge in [0.1, 0.15) is 0 Å². The van der Waals surface area contributed by atoms with Crippen LogP contribution in [0.1, 0.15) is 27.9 Å². The average Bonchev–Trinajstić information content (AvgIpc) is 2.49. The van der Waals surface area contributed by atoms with E-state index in [2.05, 4.69) is 5.32 Å². The van der Waals surface area contributed by atoms with Gasteiger partial charge in [0.25, 0.3) is 5.91 Å². The Labute approximate surface area is 98.7 Å². The Morgan fingerprint density at radius 1 is 1.67 bits per heavy atom. The lowest BCUT2D eigenvalue weighted by Gasteiger charge is -2.11. The lowest BCUT2D eigenvalue weighted by Crippen LogP contribution is -2.34. The molecule has 0 aliphatic heterocycles. The highest BCUT2D eigenvalue weighted by molar-refractivity contribution is 7.80. The second-order valence-electron chi connectivity index (χ2n) is 3.46. The molecule has 0 fully saturated rings. The van der Waals surface area contributed by atoms with Crippen molar-refractivity contribution >= 4 is 34.5 Å². The van der Waals surface area contributed by atoms with E-state index in [1.807, 2.05) is 26.0 Å². The highest BCUT2D eigenvalue weighted by Gasteiger charge is 2.11. The van der Waals surface area contributed by atoms with Crippen molar-refractivity contribution in [2.24, 2.45) is 5.73 Å². The number of hydrogen-bond donors (Lipinski definition) is 2. The summed E-state index contributed by atoms with van der Waals surface area (Å²) in [6, 6.07) is 3.73. The lowest BCUT2D eigenvalue weighted by atomic mass is 10.2. The van der Waals surface area contributed by atoms with Crippen molar-refractivity contribution in [1.29, 1.82) is 0 Å². The minimum Gasteiger partial charge on any atom is -0.393 e. The van der Waals surface area contributed by atoms with Gasteiger partial charge in [-0.15, -0.1) is 11.3 Å². The molecule has 0 spiro atoms. The molecule has 5 heteroatoms. The highest BCUT2D eigenvalue weighted by Crippen LogP contribution is 2.14. The fourth-order valence-corrected chi connectivity index (χ4v) is 2.22. The van der Waals surface area contributed by atoms with Crippen LogP contribution in [0.2, 0.25) is 0 Å². The van der Waals surface area contributed by atoms with Crippen molar-refractivity contribution in [1.82, 2.24) is 5.32 Å². The number of carbonyl (C=O) groups is 1. The number of aryl methyl sites for hydroxylation is 1. The summed E-state index contributed by atoms with van der Waals surface area (Å²) in [6.07, 6.45) is 0.533. The number of thiocarbonyl (C=S) groups is 1. The summed E-state index contributed by atoms with van der Waals surface area (Å²) in [4.78, 5) is 13.9. The van der Waals surface area contributed by atoms with E-state index in [4.69, 9.17) is 18.0 Å². The van der Waals surface area contributed by atoms with Gasteiger partial charge in [0, 0.05) is 17.3 Å². The maximum atomic E-state index is 11.7. The van der Waals surface area contributed by atoms with E-state index in [0.717, 1.165) is 9.75 Å². The predicted octanol–water partition coefficient (Wildman–Crippen LogP) is 1.85. The summed E-state index contributed by atoms with van der Waals surface area (Å²) in [7, 11) is 0. The van der Waals surface area contributed by atoms with Gasteiger partial charge in [-0.3, -0.25) is 4.79 Å². The first-order valence-electron chi connectivity index (χ1n) is 4.64. The summed E-state index contributed by atoms with van der Waals surface area (Å²) in [5.41, 5.74) is 5.39. The molecule has 1 atom stereocenters. The zero-order chi connectivity index (χ0) is 11.4. The highest BCUT2D eigenvalue weighted by atomic mass is 32.1. The van der Waals surface area contributed by atoms with Crippen LogP contribution >= 0.6 is 23.6 Å². The van der Waals surface area contributed by atoms with Crippen LogP contribution in [0.5, 0.6) is 0 Å². The third-order valence-corrected chi connectivity index (χ3v) is 3.02. The van der Waals surface area contributed by atoms with Crippen LogP contribution in [-0.4, -0.2) is 16.9 Å². The number of thiophene rings is 1. The van der Waals surface area contributed by atoms with Crippen molar-refractivity contribution in [3.05, 3.63) is 21.9 Å². The zero-order valence-electron chi connectivity index (χ0n) is 8.74. The maximum absolute atomic E-state index is 11.7. The fraction of sp³-hybridized carbons (Fsp3) is 0.400. The summed E-state index contributed by atoms with van der Waals surface area (Å²) in [5, 5.41) is 2.84. The van der Waals surface area contributed by atoms with Gasteiger partial charge in [-0.2, -0.15) is 0 Å². The van der Waals surface area contributed by atoms with Crippen molar-refractivity contribution in [2.75, 3.05) is 0 Å². The first-order valence-corrected chi connectivity index (χ1v) is 5.87. The van der Waals surface area contributed by atoms with Crippen LogP contribution in [-0.2, 0) is 0 Å². The molecule has 0 aliphatic rings. The Kier molecular flexibility index (Phi) is 4.23. The topological polar surface area (TPSA) is 55.1 Å². The van der Waals surface area contributed by atoms with Crippen molar-refractivity contribution in [3.63, 3.8) is 0 Å². The van der Waals surface area contributed by atoms with Gasteiger partial charge in [-0.25, -0.2) is 0 Å². The van der Waals surface area contributed by atoms with Gasteiger partial charge in [-0.05, 0) is 26.0 Å². The van der Waals surface area contributed by atoms with E-state index in [1.54, 1.807) is 0 Å². The SMILES string of the molecule is Cc1ccc(C(=O)NC(C)CC(N)=S)s1. The first kappa shape index (κ1) is 12.1. The van der Waals surface area contributed by atoms with Crippen molar-refractivity contribution in [2.45, 2.75) is 26.3 Å². The van der Waals surface area contributed by atoms with Crippen LogP contribution < -0.4 is 11.1 Å². The number of carbonyl (C=O) groups excluding carboxylic acids is 1. The smallest absolute Gasteiger partial charge is 0.261 e. The van der Waals surface area contributed by atoms with E-state index in [-0.39, 0.29) is 11.9 Å². The zero-order valence-corrected chi connectivity index (χ0v) is 10.4.